The number of hydrogen-bond donors (Lipinski definition) is 0. The molecule has 0 N–H and O–H groups in total. The number of benzene rings is 3. The molecule has 1 aromatic heterocycles. The molecule has 3 aromatic carbocycles. The first-order chi connectivity index (χ1) is 14.7. The van der Waals surface area contributed by atoms with Gasteiger partial charge in [0.1, 0.15) is 11.5 Å². The van der Waals surface area contributed by atoms with Gasteiger partial charge in [0.05, 0.1) is 14.2 Å². The molecule has 0 saturated carbocycles. The van der Waals surface area contributed by atoms with Crippen LogP contribution in [-0.4, -0.2) is 29.0 Å². The van der Waals surface area contributed by atoms with E-state index in [9.17, 15) is 0 Å². The van der Waals surface area contributed by atoms with Crippen molar-refractivity contribution in [3.05, 3.63) is 83.9 Å². The van der Waals surface area contributed by atoms with E-state index in [1.165, 1.54) is 11.1 Å². The standard InChI is InChI=1S/C24H23N3O2S/c1-17-7-9-18(10-8-17)16-30-24-26-25-23(19-5-4-6-22(15-19)29-3)27(24)20-11-13-21(28-2)14-12-20/h4-15H,16H2,1-3H3. The molecule has 0 aliphatic rings. The topological polar surface area (TPSA) is 49.2 Å². The fourth-order valence-corrected chi connectivity index (χ4v) is 4.02. The van der Waals surface area contributed by atoms with Gasteiger partial charge in [0.15, 0.2) is 11.0 Å². The average Bonchev–Trinajstić information content (AvgIpc) is 3.23. The van der Waals surface area contributed by atoms with Gasteiger partial charge in [0.2, 0.25) is 0 Å². The molecule has 5 nitrogen and oxygen atoms in total. The Hall–Kier alpha value is -3.25. The summed E-state index contributed by atoms with van der Waals surface area (Å²) in [4.78, 5) is 0. The number of thioether (sulfide) groups is 1. The maximum absolute atomic E-state index is 5.39. The zero-order chi connectivity index (χ0) is 20.9. The Balaban J connectivity index is 1.73. The molecule has 0 amide bonds. The SMILES string of the molecule is COc1ccc(-n2c(SCc3ccc(C)cc3)nnc2-c2cccc(OC)c2)cc1. The number of hydrogen-bond acceptors (Lipinski definition) is 5. The molecular weight excluding hydrogens is 394 g/mol. The summed E-state index contributed by atoms with van der Waals surface area (Å²) in [6.45, 7) is 2.09. The molecule has 0 unspecified atom stereocenters. The lowest BCUT2D eigenvalue weighted by Crippen LogP contribution is -2.00. The number of ether oxygens (including phenoxy) is 2. The molecule has 1 heterocycles. The monoisotopic (exact) mass is 417 g/mol. The van der Waals surface area contributed by atoms with Crippen molar-refractivity contribution in [1.82, 2.24) is 14.8 Å². The molecular formula is C24H23N3O2S. The molecule has 0 spiro atoms. The van der Waals surface area contributed by atoms with Gasteiger partial charge in [-0.15, -0.1) is 10.2 Å². The van der Waals surface area contributed by atoms with E-state index in [1.807, 2.05) is 48.5 Å². The third-order valence-electron chi connectivity index (χ3n) is 4.78. The van der Waals surface area contributed by atoms with Crippen molar-refractivity contribution in [2.24, 2.45) is 0 Å². The number of methoxy groups -OCH3 is 2. The van der Waals surface area contributed by atoms with Crippen molar-refractivity contribution in [3.63, 3.8) is 0 Å². The number of aryl methyl sites for hydroxylation is 1. The van der Waals surface area contributed by atoms with Crippen molar-refractivity contribution in [2.45, 2.75) is 17.8 Å². The Morgan fingerprint density at radius 3 is 2.27 bits per heavy atom. The maximum atomic E-state index is 5.39. The Morgan fingerprint density at radius 2 is 1.57 bits per heavy atom. The van der Waals surface area contributed by atoms with Crippen molar-refractivity contribution in [3.8, 4) is 28.6 Å². The average molecular weight is 418 g/mol. The Morgan fingerprint density at radius 1 is 0.833 bits per heavy atom. The predicted octanol–water partition coefficient (Wildman–Crippen LogP) is 5.55. The Bertz CT molecular complexity index is 1120. The molecule has 152 valence electrons. The van der Waals surface area contributed by atoms with E-state index < -0.39 is 0 Å². The third-order valence-corrected chi connectivity index (χ3v) is 5.78. The second-order valence-electron chi connectivity index (χ2n) is 6.85. The van der Waals surface area contributed by atoms with E-state index in [2.05, 4.69) is 46.0 Å². The Labute approximate surface area is 180 Å². The second kappa shape index (κ2) is 9.05. The van der Waals surface area contributed by atoms with Crippen LogP contribution < -0.4 is 9.47 Å². The van der Waals surface area contributed by atoms with Crippen LogP contribution in [0.25, 0.3) is 17.1 Å². The second-order valence-corrected chi connectivity index (χ2v) is 7.79. The van der Waals surface area contributed by atoms with Gasteiger partial charge in [-0.3, -0.25) is 4.57 Å². The highest BCUT2D eigenvalue weighted by molar-refractivity contribution is 7.98. The predicted molar refractivity (Wildman–Crippen MR) is 121 cm³/mol. The first-order valence-corrected chi connectivity index (χ1v) is 10.6. The van der Waals surface area contributed by atoms with Crippen LogP contribution >= 0.6 is 11.8 Å². The first-order valence-electron chi connectivity index (χ1n) is 9.60. The molecule has 4 rings (SSSR count). The van der Waals surface area contributed by atoms with Crippen LogP contribution in [0.5, 0.6) is 11.5 Å². The lowest BCUT2D eigenvalue weighted by molar-refractivity contribution is 0.414. The quantitative estimate of drug-likeness (QED) is 0.369. The number of rotatable bonds is 7. The summed E-state index contributed by atoms with van der Waals surface area (Å²) in [5.41, 5.74) is 4.42. The van der Waals surface area contributed by atoms with Gasteiger partial charge in [-0.05, 0) is 48.9 Å². The van der Waals surface area contributed by atoms with E-state index in [-0.39, 0.29) is 0 Å². The normalized spacial score (nSPS) is 10.8. The van der Waals surface area contributed by atoms with Gasteiger partial charge in [-0.2, -0.15) is 0 Å². The molecule has 0 bridgehead atoms. The minimum absolute atomic E-state index is 0.769. The molecule has 6 heteroatoms. The van der Waals surface area contributed by atoms with Crippen LogP contribution in [0.15, 0.2) is 78.0 Å². The molecule has 0 radical (unpaired) electrons. The summed E-state index contributed by atoms with van der Waals surface area (Å²) < 4.78 is 12.8. The molecule has 4 aromatic rings. The molecule has 0 atom stereocenters. The van der Waals surface area contributed by atoms with Gasteiger partial charge in [0.25, 0.3) is 0 Å². The summed E-state index contributed by atoms with van der Waals surface area (Å²) in [6, 6.07) is 24.3. The van der Waals surface area contributed by atoms with Crippen molar-refractivity contribution >= 4 is 11.8 Å². The summed E-state index contributed by atoms with van der Waals surface area (Å²) in [7, 11) is 3.33. The summed E-state index contributed by atoms with van der Waals surface area (Å²) in [5, 5.41) is 9.85. The van der Waals surface area contributed by atoms with E-state index in [0.717, 1.165) is 39.5 Å². The first kappa shape index (κ1) is 20.0. The highest BCUT2D eigenvalue weighted by Crippen LogP contribution is 2.31. The number of nitrogens with zero attached hydrogens (tertiary/aromatic N) is 3. The lowest BCUT2D eigenvalue weighted by Gasteiger charge is -2.12. The smallest absolute Gasteiger partial charge is 0.196 e. The summed E-state index contributed by atoms with van der Waals surface area (Å²) >= 11 is 1.66. The van der Waals surface area contributed by atoms with Crippen LogP contribution in [0, 0.1) is 6.92 Å². The fraction of sp³-hybridized carbons (Fsp3) is 0.167. The molecule has 0 saturated heterocycles. The van der Waals surface area contributed by atoms with Gasteiger partial charge in [-0.1, -0.05) is 53.7 Å². The largest absolute Gasteiger partial charge is 0.497 e. The van der Waals surface area contributed by atoms with Gasteiger partial charge >= 0.3 is 0 Å². The lowest BCUT2D eigenvalue weighted by atomic mass is 10.2. The van der Waals surface area contributed by atoms with Crippen molar-refractivity contribution in [1.29, 1.82) is 0 Å². The van der Waals surface area contributed by atoms with E-state index in [4.69, 9.17) is 9.47 Å². The number of aromatic nitrogens is 3. The van der Waals surface area contributed by atoms with E-state index in [1.54, 1.807) is 26.0 Å². The molecule has 0 aliphatic heterocycles. The summed E-state index contributed by atoms with van der Waals surface area (Å²) in [5.74, 6) is 3.17. The van der Waals surface area contributed by atoms with Crippen molar-refractivity contribution in [2.75, 3.05) is 14.2 Å². The van der Waals surface area contributed by atoms with Gasteiger partial charge in [-0.25, -0.2) is 0 Å². The zero-order valence-corrected chi connectivity index (χ0v) is 18.0. The molecule has 0 fully saturated rings. The van der Waals surface area contributed by atoms with E-state index in [0.29, 0.717) is 0 Å². The Kier molecular flexibility index (Phi) is 6.05. The van der Waals surface area contributed by atoms with Crippen molar-refractivity contribution < 1.29 is 9.47 Å². The van der Waals surface area contributed by atoms with Gasteiger partial charge < -0.3 is 9.47 Å². The summed E-state index contributed by atoms with van der Waals surface area (Å²) in [6.07, 6.45) is 0. The van der Waals surface area contributed by atoms with Crippen LogP contribution in [0.3, 0.4) is 0 Å². The van der Waals surface area contributed by atoms with E-state index >= 15 is 0 Å². The highest BCUT2D eigenvalue weighted by atomic mass is 32.2. The van der Waals surface area contributed by atoms with Crippen LogP contribution in [0.1, 0.15) is 11.1 Å². The molecule has 0 aliphatic carbocycles. The fourth-order valence-electron chi connectivity index (χ4n) is 3.11. The minimum atomic E-state index is 0.769. The van der Waals surface area contributed by atoms with Crippen LogP contribution in [0.2, 0.25) is 0 Å². The van der Waals surface area contributed by atoms with Crippen LogP contribution in [0.4, 0.5) is 0 Å². The van der Waals surface area contributed by atoms with Crippen LogP contribution in [-0.2, 0) is 5.75 Å². The third kappa shape index (κ3) is 4.33. The molecule has 30 heavy (non-hydrogen) atoms. The van der Waals surface area contributed by atoms with Gasteiger partial charge in [0, 0.05) is 17.0 Å². The maximum Gasteiger partial charge on any atom is 0.196 e. The zero-order valence-electron chi connectivity index (χ0n) is 17.2. The highest BCUT2D eigenvalue weighted by Gasteiger charge is 2.17. The minimum Gasteiger partial charge on any atom is -0.497 e.